The van der Waals surface area contributed by atoms with Crippen LogP contribution in [0.15, 0.2) is 24.4 Å². The van der Waals surface area contributed by atoms with Crippen LogP contribution in [0.1, 0.15) is 32.1 Å². The number of nitrogens with one attached hydrogen (secondary N) is 2. The van der Waals surface area contributed by atoms with Gasteiger partial charge in [-0.3, -0.25) is 5.10 Å². The van der Waals surface area contributed by atoms with Crippen molar-refractivity contribution in [1.82, 2.24) is 24.8 Å². The maximum absolute atomic E-state index is 10.5. The molecule has 2 aliphatic carbocycles. The first-order valence-electron chi connectivity index (χ1n) is 9.28. The van der Waals surface area contributed by atoms with Crippen LogP contribution in [0.5, 0.6) is 0 Å². The molecular weight excluding hydrogens is 347 g/mol. The lowest BCUT2D eigenvalue weighted by Gasteiger charge is -2.28. The molecule has 6 rings (SSSR count). The number of H-pyrrole nitrogens is 1. The molecule has 1 aliphatic heterocycles. The molecule has 0 aromatic carbocycles. The number of aromatic nitrogens is 5. The molecule has 0 amide bonds. The van der Waals surface area contributed by atoms with Crippen molar-refractivity contribution in [3.05, 3.63) is 24.4 Å². The van der Waals surface area contributed by atoms with Crippen molar-refractivity contribution in [2.45, 2.75) is 43.2 Å². The molecule has 0 unspecified atom stereocenters. The number of fused-ring (bicyclic) bond motifs is 3. The Labute approximate surface area is 152 Å². The van der Waals surface area contributed by atoms with Crippen LogP contribution in [0.4, 0.5) is 5.82 Å². The Morgan fingerprint density at radius 2 is 2.04 bits per heavy atom. The van der Waals surface area contributed by atoms with E-state index in [0.717, 1.165) is 55.0 Å². The maximum Gasteiger partial charge on any atom is 0.154 e. The fourth-order valence-corrected chi connectivity index (χ4v) is 5.99. The molecule has 8 heteroatoms. The molecule has 0 atom stereocenters. The van der Waals surface area contributed by atoms with Crippen molar-refractivity contribution in [2.75, 3.05) is 17.6 Å². The average Bonchev–Trinajstić information content (AvgIpc) is 2.98. The van der Waals surface area contributed by atoms with Gasteiger partial charge >= 0.3 is 0 Å². The fourth-order valence-electron chi connectivity index (χ4n) is 4.63. The number of hydrogen-bond donors (Lipinski definition) is 3. The predicted molar refractivity (Wildman–Crippen MR) is 101 cm³/mol. The summed E-state index contributed by atoms with van der Waals surface area (Å²) < 4.78 is 1.88. The summed E-state index contributed by atoms with van der Waals surface area (Å²) in [7, 11) is 0.00272. The van der Waals surface area contributed by atoms with E-state index in [4.69, 9.17) is 5.10 Å². The molecule has 3 aromatic rings. The van der Waals surface area contributed by atoms with Gasteiger partial charge in [0.05, 0.1) is 22.9 Å². The van der Waals surface area contributed by atoms with Crippen molar-refractivity contribution >= 4 is 24.8 Å². The fraction of sp³-hybridized carbons (Fsp3) is 0.500. The third kappa shape index (κ3) is 2.30. The Balaban J connectivity index is 1.35. The Morgan fingerprint density at radius 3 is 2.77 bits per heavy atom. The number of hydrogen-bond acceptors (Lipinski definition) is 5. The third-order valence-electron chi connectivity index (χ3n) is 6.17. The van der Waals surface area contributed by atoms with Crippen molar-refractivity contribution in [3.8, 4) is 11.4 Å². The van der Waals surface area contributed by atoms with Gasteiger partial charge in [-0.15, -0.1) is 5.10 Å². The summed E-state index contributed by atoms with van der Waals surface area (Å²) in [5.41, 5.74) is 3.46. The minimum Gasteiger partial charge on any atom is -0.390 e. The van der Waals surface area contributed by atoms with Gasteiger partial charge in [0.1, 0.15) is 11.5 Å². The molecule has 7 nitrogen and oxygen atoms in total. The van der Waals surface area contributed by atoms with Gasteiger partial charge in [0.15, 0.2) is 5.65 Å². The molecule has 0 radical (unpaired) electrons. The quantitative estimate of drug-likeness (QED) is 0.614. The predicted octanol–water partition coefficient (Wildman–Crippen LogP) is 2.10. The summed E-state index contributed by atoms with van der Waals surface area (Å²) in [5.74, 6) is 0.842. The van der Waals surface area contributed by atoms with E-state index in [1.165, 1.54) is 17.8 Å². The molecule has 3 fully saturated rings. The van der Waals surface area contributed by atoms with Crippen LogP contribution in [0.25, 0.3) is 17.0 Å². The number of nitrogens with zero attached hydrogens (tertiary/aromatic N) is 4. The van der Waals surface area contributed by atoms with Gasteiger partial charge in [-0.25, -0.2) is 9.50 Å². The Hall–Kier alpha value is -1.98. The largest absolute Gasteiger partial charge is 0.390 e. The molecule has 2 bridgehead atoms. The first-order valence-corrected chi connectivity index (χ1v) is 11.0. The molecule has 3 aromatic heterocycles. The van der Waals surface area contributed by atoms with Gasteiger partial charge in [-0.05, 0) is 62.6 Å². The average molecular weight is 368 g/mol. The summed E-state index contributed by atoms with van der Waals surface area (Å²) in [6.45, 7) is 0. The van der Waals surface area contributed by atoms with E-state index in [-0.39, 0.29) is 13.5 Å². The lowest BCUT2D eigenvalue weighted by Crippen LogP contribution is -2.33. The maximum atomic E-state index is 10.5. The van der Waals surface area contributed by atoms with Gasteiger partial charge < -0.3 is 10.4 Å². The number of aromatic amines is 1. The zero-order valence-electron chi connectivity index (χ0n) is 14.4. The highest BCUT2D eigenvalue weighted by atomic mass is 31.1. The topological polar surface area (TPSA) is 91.1 Å². The Bertz CT molecular complexity index is 998. The SMILES string of the molecule is OC12CCC(Nc3ccc4ncc(-c5cc(P6CC6)n[nH]5)n4n3)(CC1)C2. The van der Waals surface area contributed by atoms with Crippen LogP contribution in [-0.2, 0) is 0 Å². The second kappa shape index (κ2) is 5.05. The van der Waals surface area contributed by atoms with E-state index in [0.29, 0.717) is 0 Å². The van der Waals surface area contributed by atoms with Gasteiger partial charge in [-0.1, -0.05) is 7.92 Å². The summed E-state index contributed by atoms with van der Waals surface area (Å²) >= 11 is 0. The van der Waals surface area contributed by atoms with Crippen molar-refractivity contribution in [3.63, 3.8) is 0 Å². The number of anilines is 1. The smallest absolute Gasteiger partial charge is 0.154 e. The van der Waals surface area contributed by atoms with Crippen LogP contribution in [-0.4, -0.2) is 53.4 Å². The van der Waals surface area contributed by atoms with Gasteiger partial charge in [0.25, 0.3) is 0 Å². The second-order valence-electron chi connectivity index (χ2n) is 8.07. The second-order valence-corrected chi connectivity index (χ2v) is 10.5. The van der Waals surface area contributed by atoms with E-state index in [1.807, 2.05) is 22.8 Å². The van der Waals surface area contributed by atoms with E-state index < -0.39 is 5.60 Å². The lowest BCUT2D eigenvalue weighted by atomic mass is 9.93. The van der Waals surface area contributed by atoms with E-state index >= 15 is 0 Å². The molecule has 134 valence electrons. The summed E-state index contributed by atoms with van der Waals surface area (Å²) in [4.78, 5) is 4.48. The van der Waals surface area contributed by atoms with Crippen molar-refractivity contribution in [1.29, 1.82) is 0 Å². The minimum absolute atomic E-state index is 0.00272. The highest BCUT2D eigenvalue weighted by Gasteiger charge is 2.53. The van der Waals surface area contributed by atoms with Crippen LogP contribution < -0.4 is 10.8 Å². The van der Waals surface area contributed by atoms with Crippen molar-refractivity contribution < 1.29 is 5.11 Å². The molecule has 4 heterocycles. The molecular formula is C18H21N6OP. The van der Waals surface area contributed by atoms with Crippen LogP contribution >= 0.6 is 7.92 Å². The number of aliphatic hydroxyl groups is 1. The standard InChI is InChI=1S/C18H21N6OP/c25-18-5-3-17(11-18,4-6-18)20-14-1-2-15-19-10-13(24(15)23-14)12-9-16(22-21-12)26-7-8-26/h1-2,9-10,25H,3-8,11H2,(H,20,23)(H,21,22). The summed E-state index contributed by atoms with van der Waals surface area (Å²) in [6, 6.07) is 6.13. The van der Waals surface area contributed by atoms with Gasteiger partial charge in [-0.2, -0.15) is 5.10 Å². The monoisotopic (exact) mass is 368 g/mol. The van der Waals surface area contributed by atoms with Crippen molar-refractivity contribution in [2.24, 2.45) is 0 Å². The molecule has 3 aliphatic rings. The highest BCUT2D eigenvalue weighted by Crippen LogP contribution is 2.52. The lowest BCUT2D eigenvalue weighted by molar-refractivity contribution is 0.0521. The number of rotatable bonds is 4. The zero-order valence-corrected chi connectivity index (χ0v) is 15.3. The Morgan fingerprint density at radius 1 is 1.19 bits per heavy atom. The van der Waals surface area contributed by atoms with Crippen LogP contribution in [0.3, 0.4) is 0 Å². The molecule has 1 saturated heterocycles. The van der Waals surface area contributed by atoms with Crippen LogP contribution in [0.2, 0.25) is 0 Å². The third-order valence-corrected chi connectivity index (χ3v) is 7.94. The van der Waals surface area contributed by atoms with Crippen LogP contribution in [0, 0.1) is 0 Å². The summed E-state index contributed by atoms with van der Waals surface area (Å²) in [6.07, 6.45) is 9.06. The first kappa shape index (κ1) is 15.1. The zero-order chi connectivity index (χ0) is 17.4. The molecule has 2 saturated carbocycles. The van der Waals surface area contributed by atoms with Gasteiger partial charge in [0.2, 0.25) is 0 Å². The summed E-state index contributed by atoms with van der Waals surface area (Å²) in [5, 5.41) is 26.5. The van der Waals surface area contributed by atoms with E-state index in [1.54, 1.807) is 0 Å². The van der Waals surface area contributed by atoms with Gasteiger partial charge in [0, 0.05) is 5.54 Å². The van der Waals surface area contributed by atoms with E-state index in [9.17, 15) is 5.11 Å². The molecule has 0 spiro atoms. The number of imidazole rings is 1. The first-order chi connectivity index (χ1) is 12.6. The normalized spacial score (nSPS) is 30.3. The highest BCUT2D eigenvalue weighted by molar-refractivity contribution is 7.72. The molecule has 3 N–H and O–H groups in total. The van der Waals surface area contributed by atoms with E-state index in [2.05, 4.69) is 26.6 Å². The Kier molecular flexibility index (Phi) is 2.93. The molecule has 26 heavy (non-hydrogen) atoms. The minimum atomic E-state index is -0.464.